The summed E-state index contributed by atoms with van der Waals surface area (Å²) in [6, 6.07) is 11.4. The van der Waals surface area contributed by atoms with Gasteiger partial charge in [-0.25, -0.2) is 8.42 Å². The van der Waals surface area contributed by atoms with Crippen molar-refractivity contribution in [1.82, 2.24) is 5.32 Å². The van der Waals surface area contributed by atoms with E-state index >= 15 is 0 Å². The molecule has 0 bridgehead atoms. The maximum atomic E-state index is 12.9. The number of aryl methyl sites for hydroxylation is 1. The van der Waals surface area contributed by atoms with E-state index in [0.717, 1.165) is 31.2 Å². The summed E-state index contributed by atoms with van der Waals surface area (Å²) in [6.07, 6.45) is 4.02. The molecule has 0 aliphatic heterocycles. The summed E-state index contributed by atoms with van der Waals surface area (Å²) in [5.74, 6) is 0.868. The van der Waals surface area contributed by atoms with Crippen LogP contribution in [0.15, 0.2) is 47.4 Å². The fourth-order valence-electron chi connectivity index (χ4n) is 3.52. The summed E-state index contributed by atoms with van der Waals surface area (Å²) >= 11 is 0. The molecule has 1 aliphatic rings. The van der Waals surface area contributed by atoms with Crippen LogP contribution in [0.5, 0.6) is 5.75 Å². The zero-order valence-electron chi connectivity index (χ0n) is 17.1. The van der Waals surface area contributed by atoms with E-state index in [-0.39, 0.29) is 28.1 Å². The Labute approximate surface area is 172 Å². The number of amides is 1. The lowest BCUT2D eigenvalue weighted by Gasteiger charge is -2.27. The van der Waals surface area contributed by atoms with Gasteiger partial charge in [-0.2, -0.15) is 0 Å². The van der Waals surface area contributed by atoms with Gasteiger partial charge >= 0.3 is 0 Å². The van der Waals surface area contributed by atoms with Gasteiger partial charge in [0.05, 0.1) is 23.3 Å². The van der Waals surface area contributed by atoms with E-state index in [9.17, 15) is 13.2 Å². The average molecular weight is 417 g/mol. The fourth-order valence-corrected chi connectivity index (χ4v) is 4.60. The molecule has 0 heterocycles. The number of anilines is 1. The molecule has 0 unspecified atom stereocenters. The van der Waals surface area contributed by atoms with Crippen LogP contribution in [0.2, 0.25) is 0 Å². The first-order valence-electron chi connectivity index (χ1n) is 9.87. The second-order valence-corrected chi connectivity index (χ2v) is 9.44. The zero-order chi connectivity index (χ0) is 21.0. The first kappa shape index (κ1) is 21.2. The Morgan fingerprint density at radius 1 is 1.03 bits per heavy atom. The molecule has 1 saturated carbocycles. The fraction of sp³-hybridized carbons (Fsp3) is 0.409. The minimum Gasteiger partial charge on any atom is -0.497 e. The van der Waals surface area contributed by atoms with Crippen LogP contribution in [0, 0.1) is 12.8 Å². The van der Waals surface area contributed by atoms with Crippen LogP contribution < -0.4 is 14.8 Å². The molecule has 6 nitrogen and oxygen atoms in total. The topological polar surface area (TPSA) is 84.5 Å². The van der Waals surface area contributed by atoms with Gasteiger partial charge in [0, 0.05) is 6.04 Å². The maximum absolute atomic E-state index is 12.9. The molecule has 7 heteroatoms. The second-order valence-electron chi connectivity index (χ2n) is 7.76. The van der Waals surface area contributed by atoms with Gasteiger partial charge in [0.2, 0.25) is 0 Å². The summed E-state index contributed by atoms with van der Waals surface area (Å²) in [5, 5.41) is 3.05. The largest absolute Gasteiger partial charge is 0.497 e. The van der Waals surface area contributed by atoms with Crippen molar-refractivity contribution in [3.05, 3.63) is 53.6 Å². The highest BCUT2D eigenvalue weighted by Crippen LogP contribution is 2.27. The van der Waals surface area contributed by atoms with Crippen LogP contribution in [0.4, 0.5) is 5.69 Å². The van der Waals surface area contributed by atoms with Crippen molar-refractivity contribution < 1.29 is 17.9 Å². The molecule has 0 radical (unpaired) electrons. The molecular formula is C22H28N2O4S. The van der Waals surface area contributed by atoms with Crippen molar-refractivity contribution in [2.24, 2.45) is 5.92 Å². The zero-order valence-corrected chi connectivity index (χ0v) is 17.9. The molecule has 2 aromatic rings. The smallest absolute Gasteiger partial charge is 0.261 e. The van der Waals surface area contributed by atoms with Gasteiger partial charge in [-0.15, -0.1) is 0 Å². The van der Waals surface area contributed by atoms with Crippen LogP contribution >= 0.6 is 0 Å². The van der Waals surface area contributed by atoms with Gasteiger partial charge in [0.15, 0.2) is 0 Å². The number of methoxy groups -OCH3 is 1. The molecule has 0 spiro atoms. The highest BCUT2D eigenvalue weighted by Gasteiger charge is 2.23. The molecule has 3 rings (SSSR count). The second kappa shape index (κ2) is 8.86. The van der Waals surface area contributed by atoms with Crippen molar-refractivity contribution in [3.8, 4) is 5.75 Å². The van der Waals surface area contributed by atoms with E-state index in [1.807, 2.05) is 6.92 Å². The van der Waals surface area contributed by atoms with Gasteiger partial charge in [0.25, 0.3) is 15.9 Å². The van der Waals surface area contributed by atoms with Crippen molar-refractivity contribution >= 4 is 21.6 Å². The Morgan fingerprint density at radius 3 is 2.31 bits per heavy atom. The molecule has 0 aromatic heterocycles. The predicted octanol–water partition coefficient (Wildman–Crippen LogP) is 4.11. The minimum absolute atomic E-state index is 0.103. The molecule has 0 saturated heterocycles. The van der Waals surface area contributed by atoms with Gasteiger partial charge < -0.3 is 10.1 Å². The molecule has 29 heavy (non-hydrogen) atoms. The maximum Gasteiger partial charge on any atom is 0.261 e. The van der Waals surface area contributed by atoms with E-state index in [4.69, 9.17) is 4.74 Å². The number of hydrogen-bond donors (Lipinski definition) is 2. The first-order valence-corrected chi connectivity index (χ1v) is 11.3. The Hall–Kier alpha value is -2.54. The molecule has 1 fully saturated rings. The molecule has 1 aliphatic carbocycles. The van der Waals surface area contributed by atoms with Crippen LogP contribution in [-0.2, 0) is 10.0 Å². The summed E-state index contributed by atoms with van der Waals surface area (Å²) < 4.78 is 33.4. The lowest BCUT2D eigenvalue weighted by atomic mass is 9.87. The summed E-state index contributed by atoms with van der Waals surface area (Å²) in [5.41, 5.74) is 1.45. The molecule has 1 amide bonds. The average Bonchev–Trinajstić information content (AvgIpc) is 2.70. The highest BCUT2D eigenvalue weighted by molar-refractivity contribution is 7.92. The lowest BCUT2D eigenvalue weighted by Crippen LogP contribution is -2.37. The Morgan fingerprint density at radius 2 is 1.69 bits per heavy atom. The van der Waals surface area contributed by atoms with Crippen molar-refractivity contribution in [1.29, 1.82) is 0 Å². The van der Waals surface area contributed by atoms with Crippen molar-refractivity contribution in [2.75, 3.05) is 11.8 Å². The van der Waals surface area contributed by atoms with Gasteiger partial charge in [-0.05, 0) is 68.9 Å². The molecule has 156 valence electrons. The number of benzene rings is 2. The van der Waals surface area contributed by atoms with E-state index in [2.05, 4.69) is 17.0 Å². The molecular weight excluding hydrogens is 388 g/mol. The third-order valence-electron chi connectivity index (χ3n) is 5.40. The number of ether oxygens (including phenoxy) is 1. The standard InChI is InChI=1S/C22H28N2O4S/c1-15-4-8-17(9-5-15)23-22(25)20-14-18(28-3)10-13-21(20)24-29(26,27)19-11-6-16(2)7-12-19/h6-7,10-15,17,24H,4-5,8-9H2,1-3H3,(H,23,25)/t15-,17-. The monoisotopic (exact) mass is 416 g/mol. The minimum atomic E-state index is -3.82. The predicted molar refractivity (Wildman–Crippen MR) is 114 cm³/mol. The molecule has 2 aromatic carbocycles. The molecule has 2 N–H and O–H groups in total. The summed E-state index contributed by atoms with van der Waals surface area (Å²) in [4.78, 5) is 13.1. The van der Waals surface area contributed by atoms with E-state index in [1.54, 1.807) is 42.5 Å². The third kappa shape index (κ3) is 5.29. The quantitative estimate of drug-likeness (QED) is 0.742. The number of nitrogens with one attached hydrogen (secondary N) is 2. The van der Waals surface area contributed by atoms with Crippen molar-refractivity contribution in [2.45, 2.75) is 50.5 Å². The van der Waals surface area contributed by atoms with Crippen LogP contribution in [0.3, 0.4) is 0 Å². The van der Waals surface area contributed by atoms with Crippen LogP contribution in [0.1, 0.15) is 48.5 Å². The number of sulfonamides is 1. The Kier molecular flexibility index (Phi) is 6.47. The number of carbonyl (C=O) groups excluding carboxylic acids is 1. The van der Waals surface area contributed by atoms with Crippen LogP contribution in [-0.4, -0.2) is 27.5 Å². The summed E-state index contributed by atoms with van der Waals surface area (Å²) in [6.45, 7) is 4.11. The van der Waals surface area contributed by atoms with Gasteiger partial charge in [-0.3, -0.25) is 9.52 Å². The SMILES string of the molecule is COc1ccc(NS(=O)(=O)c2ccc(C)cc2)c(C(=O)N[C@H]2CC[C@H](C)CC2)c1. The van der Waals surface area contributed by atoms with Gasteiger partial charge in [-0.1, -0.05) is 24.6 Å². The van der Waals surface area contributed by atoms with Gasteiger partial charge in [0.1, 0.15) is 5.75 Å². The molecule has 0 atom stereocenters. The summed E-state index contributed by atoms with van der Waals surface area (Å²) in [7, 11) is -2.31. The Bertz CT molecular complexity index is 963. The number of carbonyl (C=O) groups is 1. The van der Waals surface area contributed by atoms with Crippen LogP contribution in [0.25, 0.3) is 0 Å². The van der Waals surface area contributed by atoms with E-state index < -0.39 is 10.0 Å². The van der Waals surface area contributed by atoms with E-state index in [1.165, 1.54) is 7.11 Å². The first-order chi connectivity index (χ1) is 13.8. The number of rotatable bonds is 6. The highest BCUT2D eigenvalue weighted by atomic mass is 32.2. The lowest BCUT2D eigenvalue weighted by molar-refractivity contribution is 0.0923. The third-order valence-corrected chi connectivity index (χ3v) is 6.78. The van der Waals surface area contributed by atoms with E-state index in [0.29, 0.717) is 11.7 Å². The number of hydrogen-bond acceptors (Lipinski definition) is 4. The Balaban J connectivity index is 1.85. The van der Waals surface area contributed by atoms with Crippen molar-refractivity contribution in [3.63, 3.8) is 0 Å². The normalized spacial score (nSPS) is 19.4.